The van der Waals surface area contributed by atoms with Gasteiger partial charge in [0.05, 0.1) is 12.1 Å². The monoisotopic (exact) mass is 304 g/mol. The minimum atomic E-state index is -0.854. The van der Waals surface area contributed by atoms with Crippen molar-refractivity contribution in [3.8, 4) is 0 Å². The molecule has 0 aromatic heterocycles. The zero-order valence-electron chi connectivity index (χ0n) is 13.5. The Morgan fingerprint density at radius 2 is 2.05 bits per heavy atom. The van der Waals surface area contributed by atoms with Crippen LogP contribution in [0.5, 0.6) is 0 Å². The summed E-state index contributed by atoms with van der Waals surface area (Å²) in [7, 11) is 0. The molecular weight excluding hydrogens is 280 g/mol. The second kappa shape index (κ2) is 5.25. The molecule has 1 aromatic rings. The van der Waals surface area contributed by atoms with Crippen LogP contribution in [0.2, 0.25) is 0 Å². The van der Waals surface area contributed by atoms with Gasteiger partial charge in [-0.05, 0) is 18.9 Å². The van der Waals surface area contributed by atoms with Gasteiger partial charge in [-0.1, -0.05) is 44.2 Å². The van der Waals surface area contributed by atoms with Gasteiger partial charge in [-0.15, -0.1) is 0 Å². The molecule has 2 aliphatic rings. The van der Waals surface area contributed by atoms with Gasteiger partial charge in [0.1, 0.15) is 6.10 Å². The Balaban J connectivity index is 1.86. The van der Waals surface area contributed by atoms with Gasteiger partial charge in [-0.2, -0.15) is 5.06 Å². The molecule has 0 radical (unpaired) electrons. The Hall–Kier alpha value is -1.59. The molecule has 0 bridgehead atoms. The van der Waals surface area contributed by atoms with E-state index in [9.17, 15) is 9.90 Å². The second-order valence-electron chi connectivity index (χ2n) is 6.82. The van der Waals surface area contributed by atoms with Gasteiger partial charge in [0, 0.05) is 18.5 Å². The molecule has 1 amide bonds. The van der Waals surface area contributed by atoms with E-state index in [1.54, 1.807) is 0 Å². The number of likely N-dealkylation sites (tertiary alicyclic amines) is 1. The molecule has 5 heteroatoms. The van der Waals surface area contributed by atoms with Gasteiger partial charge >= 0.3 is 6.09 Å². The minimum absolute atomic E-state index is 0.0720. The van der Waals surface area contributed by atoms with Gasteiger partial charge in [-0.3, -0.25) is 4.84 Å². The van der Waals surface area contributed by atoms with E-state index in [0.29, 0.717) is 13.1 Å². The van der Waals surface area contributed by atoms with Gasteiger partial charge in [0.2, 0.25) is 0 Å². The summed E-state index contributed by atoms with van der Waals surface area (Å²) in [5.41, 5.74) is 0.841. The number of carbonyl (C=O) groups is 1. The molecule has 0 saturated carbocycles. The lowest BCUT2D eigenvalue weighted by Crippen LogP contribution is -2.52. The van der Waals surface area contributed by atoms with Crippen LogP contribution in [0, 0.1) is 5.41 Å². The number of nitrogens with zero attached hydrogens (tertiary/aromatic N) is 2. The number of benzene rings is 1. The van der Waals surface area contributed by atoms with Crippen molar-refractivity contribution in [2.75, 3.05) is 13.1 Å². The fraction of sp³-hybridized carbons (Fsp3) is 0.588. The highest BCUT2D eigenvalue weighted by atomic mass is 16.7. The van der Waals surface area contributed by atoms with Crippen molar-refractivity contribution in [3.05, 3.63) is 35.9 Å². The third-order valence-corrected chi connectivity index (χ3v) is 5.78. The first-order valence-electron chi connectivity index (χ1n) is 7.87. The lowest BCUT2D eigenvalue weighted by Gasteiger charge is -2.42. The summed E-state index contributed by atoms with van der Waals surface area (Å²) in [4.78, 5) is 19.0. The fourth-order valence-corrected chi connectivity index (χ4v) is 3.87. The summed E-state index contributed by atoms with van der Waals surface area (Å²) in [5, 5.41) is 11.4. The van der Waals surface area contributed by atoms with Crippen molar-refractivity contribution in [1.29, 1.82) is 0 Å². The number of hydrogen-bond donors (Lipinski definition) is 1. The molecule has 120 valence electrons. The molecule has 0 aliphatic carbocycles. The predicted molar refractivity (Wildman–Crippen MR) is 83.3 cm³/mol. The van der Waals surface area contributed by atoms with Crippen LogP contribution in [0.25, 0.3) is 0 Å². The average Bonchev–Trinajstić information content (AvgIpc) is 2.94. The van der Waals surface area contributed by atoms with Crippen LogP contribution < -0.4 is 0 Å². The maximum absolute atomic E-state index is 11.3. The Morgan fingerprint density at radius 1 is 1.36 bits per heavy atom. The van der Waals surface area contributed by atoms with E-state index >= 15 is 0 Å². The molecule has 1 aromatic carbocycles. The van der Waals surface area contributed by atoms with Crippen LogP contribution in [0.1, 0.15) is 32.8 Å². The first-order valence-corrected chi connectivity index (χ1v) is 7.87. The van der Waals surface area contributed by atoms with Crippen LogP contribution in [-0.2, 0) is 11.4 Å². The Morgan fingerprint density at radius 3 is 2.64 bits per heavy atom. The van der Waals surface area contributed by atoms with E-state index in [4.69, 9.17) is 4.84 Å². The summed E-state index contributed by atoms with van der Waals surface area (Å²) in [6, 6.07) is 10.3. The van der Waals surface area contributed by atoms with Crippen LogP contribution in [0.4, 0.5) is 4.79 Å². The van der Waals surface area contributed by atoms with Crippen molar-refractivity contribution in [3.63, 3.8) is 0 Å². The number of hydroxylamine groups is 2. The molecule has 5 nitrogen and oxygen atoms in total. The minimum Gasteiger partial charge on any atom is -0.465 e. The van der Waals surface area contributed by atoms with Crippen molar-refractivity contribution < 1.29 is 14.7 Å². The highest BCUT2D eigenvalue weighted by Gasteiger charge is 2.64. The number of rotatable bonds is 3. The molecule has 2 fully saturated rings. The number of amides is 1. The molecule has 3 atom stereocenters. The topological polar surface area (TPSA) is 53.0 Å². The second-order valence-corrected chi connectivity index (χ2v) is 6.82. The number of fused-ring (bicyclic) bond motifs is 1. The maximum Gasteiger partial charge on any atom is 0.407 e. The molecule has 22 heavy (non-hydrogen) atoms. The molecule has 2 aliphatic heterocycles. The highest BCUT2D eigenvalue weighted by molar-refractivity contribution is 5.65. The molecule has 2 saturated heterocycles. The molecule has 0 spiro atoms. The van der Waals surface area contributed by atoms with Crippen molar-refractivity contribution in [2.24, 2.45) is 5.41 Å². The highest BCUT2D eigenvalue weighted by Crippen LogP contribution is 2.53. The third kappa shape index (κ3) is 2.11. The quantitative estimate of drug-likeness (QED) is 0.933. The average molecular weight is 304 g/mol. The molecule has 3 unspecified atom stereocenters. The molecule has 3 rings (SSSR count). The molecule has 1 N–H and O–H groups in total. The van der Waals surface area contributed by atoms with Crippen LogP contribution >= 0.6 is 0 Å². The van der Waals surface area contributed by atoms with Gasteiger partial charge in [-0.25, -0.2) is 4.79 Å². The van der Waals surface area contributed by atoms with Gasteiger partial charge < -0.3 is 10.0 Å². The maximum atomic E-state index is 11.3. The van der Waals surface area contributed by atoms with E-state index in [1.807, 2.05) is 18.2 Å². The largest absolute Gasteiger partial charge is 0.465 e. The summed E-state index contributed by atoms with van der Waals surface area (Å²) in [6.45, 7) is 8.22. The van der Waals surface area contributed by atoms with Crippen molar-refractivity contribution >= 4 is 6.09 Å². The zero-order valence-corrected chi connectivity index (χ0v) is 13.5. The fourth-order valence-electron chi connectivity index (χ4n) is 3.87. The van der Waals surface area contributed by atoms with E-state index in [-0.39, 0.29) is 17.1 Å². The number of hydrogen-bond acceptors (Lipinski definition) is 3. The Bertz CT molecular complexity index is 564. The smallest absolute Gasteiger partial charge is 0.407 e. The van der Waals surface area contributed by atoms with Crippen molar-refractivity contribution in [1.82, 2.24) is 9.96 Å². The van der Waals surface area contributed by atoms with E-state index in [2.05, 4.69) is 38.0 Å². The lowest BCUT2D eigenvalue weighted by atomic mass is 9.69. The molecular formula is C17H24N2O3. The predicted octanol–water partition coefficient (Wildman–Crippen LogP) is 2.97. The third-order valence-electron chi connectivity index (χ3n) is 5.78. The molecule has 2 heterocycles. The summed E-state index contributed by atoms with van der Waals surface area (Å²) < 4.78 is 0. The van der Waals surface area contributed by atoms with Crippen LogP contribution in [-0.4, -0.2) is 45.9 Å². The van der Waals surface area contributed by atoms with Gasteiger partial charge in [0.15, 0.2) is 0 Å². The van der Waals surface area contributed by atoms with Gasteiger partial charge in [0.25, 0.3) is 0 Å². The standard InChI is InChI=1S/C17H24N2O3/c1-4-17(3)16(2)12-18(15(20)21)11-14(16)22-19(17)10-13-8-6-5-7-9-13/h5-9,14H,4,10-12H2,1-3H3,(H,20,21). The van der Waals surface area contributed by atoms with E-state index < -0.39 is 6.09 Å². The first kappa shape index (κ1) is 15.3. The van der Waals surface area contributed by atoms with E-state index in [1.165, 1.54) is 10.5 Å². The summed E-state index contributed by atoms with van der Waals surface area (Å²) >= 11 is 0. The van der Waals surface area contributed by atoms with E-state index in [0.717, 1.165) is 13.0 Å². The SMILES string of the molecule is CCC1(C)N(Cc2ccccc2)OC2CN(C(=O)O)CC21C. The Labute approximate surface area is 131 Å². The zero-order chi connectivity index (χ0) is 16.0. The Kier molecular flexibility index (Phi) is 3.65. The van der Waals surface area contributed by atoms with Crippen LogP contribution in [0.3, 0.4) is 0 Å². The normalized spacial score (nSPS) is 34.9. The first-order chi connectivity index (χ1) is 10.4. The van der Waals surface area contributed by atoms with Crippen LogP contribution in [0.15, 0.2) is 30.3 Å². The summed E-state index contributed by atoms with van der Waals surface area (Å²) in [6.07, 6.45) is -0.00939. The lowest BCUT2D eigenvalue weighted by molar-refractivity contribution is -0.195. The summed E-state index contributed by atoms with van der Waals surface area (Å²) in [5.74, 6) is 0. The van der Waals surface area contributed by atoms with Crippen molar-refractivity contribution in [2.45, 2.75) is 45.4 Å². The number of carboxylic acid groups (broad SMARTS) is 1.